The number of aliphatic carboxylic acids is 1. The van der Waals surface area contributed by atoms with E-state index >= 15 is 0 Å². The van der Waals surface area contributed by atoms with Crippen LogP contribution in [0.4, 0.5) is 26.3 Å². The first-order valence-electron chi connectivity index (χ1n) is 9.33. The molecule has 31 heavy (non-hydrogen) atoms. The second-order valence-electron chi connectivity index (χ2n) is 7.03. The maximum atomic E-state index is 12.7. The molecular formula is C21H21F6NO3. The molecule has 4 nitrogen and oxygen atoms in total. The lowest BCUT2D eigenvalue weighted by Crippen LogP contribution is -2.31. The van der Waals surface area contributed by atoms with Gasteiger partial charge in [-0.3, -0.25) is 4.90 Å². The lowest BCUT2D eigenvalue weighted by atomic mass is 10.0. The molecule has 0 unspecified atom stereocenters. The van der Waals surface area contributed by atoms with Crippen molar-refractivity contribution in [3.05, 3.63) is 59.7 Å². The number of hydrogen-bond acceptors (Lipinski definition) is 3. The summed E-state index contributed by atoms with van der Waals surface area (Å²) in [5.74, 6) is -2.76. The number of hydrogen-bond donors (Lipinski definition) is 2. The molecule has 0 aromatic heterocycles. The summed E-state index contributed by atoms with van der Waals surface area (Å²) in [6, 6.07) is 13.3. The number of alkyl halides is 6. The first kappa shape index (κ1) is 24.7. The number of halogens is 6. The number of carboxylic acid groups (broad SMARTS) is 1. The van der Waals surface area contributed by atoms with Gasteiger partial charge in [0.2, 0.25) is 0 Å². The third kappa shape index (κ3) is 7.25. The Balaban J connectivity index is 0.000000423. The zero-order valence-corrected chi connectivity index (χ0v) is 16.2. The number of aliphatic hydroxyl groups is 1. The van der Waals surface area contributed by atoms with Crippen LogP contribution < -0.4 is 0 Å². The highest BCUT2D eigenvalue weighted by Gasteiger charge is 2.38. The Hall–Kier alpha value is -2.59. The molecule has 10 heteroatoms. The summed E-state index contributed by atoms with van der Waals surface area (Å²) in [6.07, 6.45) is -7.30. The molecule has 1 atom stereocenters. The molecule has 3 rings (SSSR count). The molecule has 2 N–H and O–H groups in total. The van der Waals surface area contributed by atoms with Crippen LogP contribution in [0, 0.1) is 0 Å². The summed E-state index contributed by atoms with van der Waals surface area (Å²) in [4.78, 5) is 11.2. The van der Waals surface area contributed by atoms with Crippen LogP contribution in [0.3, 0.4) is 0 Å². The van der Waals surface area contributed by atoms with Crippen LogP contribution in [0.15, 0.2) is 48.5 Å². The van der Waals surface area contributed by atoms with Gasteiger partial charge >= 0.3 is 18.3 Å². The normalized spacial score (nSPS) is 17.2. The number of likely N-dealkylation sites (tertiary alicyclic amines) is 1. The van der Waals surface area contributed by atoms with Crippen LogP contribution in [0.25, 0.3) is 11.1 Å². The van der Waals surface area contributed by atoms with Gasteiger partial charge in [-0.25, -0.2) is 4.79 Å². The maximum absolute atomic E-state index is 12.7. The minimum atomic E-state index is -5.08. The van der Waals surface area contributed by atoms with E-state index in [9.17, 15) is 31.4 Å². The largest absolute Gasteiger partial charge is 0.490 e. The average Bonchev–Trinajstić information content (AvgIpc) is 3.14. The van der Waals surface area contributed by atoms with E-state index in [-0.39, 0.29) is 12.6 Å². The third-order valence-corrected chi connectivity index (χ3v) is 4.81. The lowest BCUT2D eigenvalue weighted by molar-refractivity contribution is -0.192. The van der Waals surface area contributed by atoms with Crippen molar-refractivity contribution in [2.24, 2.45) is 0 Å². The molecule has 1 fully saturated rings. The number of carbonyl (C=O) groups is 1. The molecule has 0 radical (unpaired) electrons. The number of aliphatic hydroxyl groups excluding tert-OH is 1. The molecule has 0 bridgehead atoms. The van der Waals surface area contributed by atoms with Crippen molar-refractivity contribution in [3.63, 3.8) is 0 Å². The summed E-state index contributed by atoms with van der Waals surface area (Å²) >= 11 is 0. The van der Waals surface area contributed by atoms with Gasteiger partial charge in [0.25, 0.3) is 0 Å². The number of rotatable bonds is 4. The molecule has 0 spiro atoms. The number of carboxylic acids is 1. The van der Waals surface area contributed by atoms with Crippen molar-refractivity contribution in [1.82, 2.24) is 4.90 Å². The molecule has 1 saturated heterocycles. The van der Waals surface area contributed by atoms with E-state index in [0.717, 1.165) is 54.8 Å². The first-order valence-corrected chi connectivity index (χ1v) is 9.33. The van der Waals surface area contributed by atoms with Gasteiger partial charge in [0.15, 0.2) is 0 Å². The number of benzene rings is 2. The van der Waals surface area contributed by atoms with Gasteiger partial charge in [0.05, 0.1) is 12.2 Å². The molecule has 2 aromatic carbocycles. The van der Waals surface area contributed by atoms with Crippen molar-refractivity contribution in [2.75, 3.05) is 13.2 Å². The highest BCUT2D eigenvalue weighted by molar-refractivity contribution is 5.73. The predicted molar refractivity (Wildman–Crippen MR) is 101 cm³/mol. The first-order chi connectivity index (χ1) is 14.4. The van der Waals surface area contributed by atoms with Gasteiger partial charge < -0.3 is 10.2 Å². The van der Waals surface area contributed by atoms with E-state index in [2.05, 4.69) is 4.90 Å². The minimum absolute atomic E-state index is 0.165. The fourth-order valence-electron chi connectivity index (χ4n) is 3.25. The van der Waals surface area contributed by atoms with Gasteiger partial charge in [-0.1, -0.05) is 30.3 Å². The number of nitrogens with zero attached hydrogens (tertiary/aromatic N) is 1. The second kappa shape index (κ2) is 10.1. The van der Waals surface area contributed by atoms with Crippen LogP contribution in [0.1, 0.15) is 24.0 Å². The van der Waals surface area contributed by atoms with Crippen LogP contribution in [0.2, 0.25) is 0 Å². The lowest BCUT2D eigenvalue weighted by Gasteiger charge is -2.22. The zero-order valence-electron chi connectivity index (χ0n) is 16.2. The van der Waals surface area contributed by atoms with Crippen LogP contribution >= 0.6 is 0 Å². The highest BCUT2D eigenvalue weighted by Crippen LogP contribution is 2.31. The van der Waals surface area contributed by atoms with E-state index < -0.39 is 23.9 Å². The Labute approximate surface area is 174 Å². The third-order valence-electron chi connectivity index (χ3n) is 4.81. The zero-order chi connectivity index (χ0) is 23.2. The summed E-state index contributed by atoms with van der Waals surface area (Å²) in [6.45, 7) is 1.88. The smallest absolute Gasteiger partial charge is 0.475 e. The van der Waals surface area contributed by atoms with Crippen molar-refractivity contribution in [3.8, 4) is 11.1 Å². The van der Waals surface area contributed by atoms with E-state index in [1.54, 1.807) is 0 Å². The summed E-state index contributed by atoms with van der Waals surface area (Å²) in [7, 11) is 0. The van der Waals surface area contributed by atoms with E-state index in [1.165, 1.54) is 12.1 Å². The van der Waals surface area contributed by atoms with Crippen molar-refractivity contribution in [2.45, 2.75) is 37.8 Å². The Morgan fingerprint density at radius 3 is 2.13 bits per heavy atom. The monoisotopic (exact) mass is 449 g/mol. The predicted octanol–water partition coefficient (Wildman–Crippen LogP) is 4.96. The molecule has 1 aliphatic rings. The van der Waals surface area contributed by atoms with Crippen LogP contribution in [-0.4, -0.2) is 46.5 Å². The second-order valence-corrected chi connectivity index (χ2v) is 7.03. The van der Waals surface area contributed by atoms with Crippen molar-refractivity contribution in [1.29, 1.82) is 0 Å². The average molecular weight is 449 g/mol. The van der Waals surface area contributed by atoms with Gasteiger partial charge in [0.1, 0.15) is 0 Å². The molecule has 0 amide bonds. The Morgan fingerprint density at radius 1 is 1.00 bits per heavy atom. The topological polar surface area (TPSA) is 60.8 Å². The van der Waals surface area contributed by atoms with Gasteiger partial charge in [-0.05, 0) is 54.3 Å². The van der Waals surface area contributed by atoms with Gasteiger partial charge in [-0.2, -0.15) is 26.3 Å². The molecule has 0 saturated carbocycles. The Bertz CT molecular complexity index is 865. The molecule has 2 aromatic rings. The molecule has 0 aliphatic carbocycles. The summed E-state index contributed by atoms with van der Waals surface area (Å²) in [5.41, 5.74) is 2.14. The minimum Gasteiger partial charge on any atom is -0.475 e. The van der Waals surface area contributed by atoms with Crippen molar-refractivity contribution >= 4 is 5.97 Å². The fourth-order valence-corrected chi connectivity index (χ4v) is 3.25. The SMILES string of the molecule is O=C(O)C(F)(F)F.OC[C@@H]1CCCN1Cc1cccc(-c2ccc(C(F)(F)F)cc2)c1. The maximum Gasteiger partial charge on any atom is 0.490 e. The molecular weight excluding hydrogens is 428 g/mol. The summed E-state index contributed by atoms with van der Waals surface area (Å²) < 4.78 is 69.7. The van der Waals surface area contributed by atoms with Gasteiger partial charge in [-0.15, -0.1) is 0 Å². The molecule has 1 aliphatic heterocycles. The van der Waals surface area contributed by atoms with Gasteiger partial charge in [0, 0.05) is 12.6 Å². The van der Waals surface area contributed by atoms with Crippen LogP contribution in [0.5, 0.6) is 0 Å². The summed E-state index contributed by atoms with van der Waals surface area (Å²) in [5, 5.41) is 16.5. The van der Waals surface area contributed by atoms with E-state index in [0.29, 0.717) is 0 Å². The quantitative estimate of drug-likeness (QED) is 0.648. The van der Waals surface area contributed by atoms with Crippen molar-refractivity contribution < 1.29 is 41.4 Å². The molecule has 1 heterocycles. The van der Waals surface area contributed by atoms with E-state index in [4.69, 9.17) is 9.90 Å². The van der Waals surface area contributed by atoms with Crippen LogP contribution in [-0.2, 0) is 17.5 Å². The fraction of sp³-hybridized carbons (Fsp3) is 0.381. The highest BCUT2D eigenvalue weighted by atomic mass is 19.4. The molecule has 170 valence electrons. The standard InChI is InChI=1S/C19H20F3NO.C2HF3O2/c20-19(21,22)17-8-6-15(7-9-17)16-4-1-3-14(11-16)12-23-10-2-5-18(23)13-24;3-2(4,5)1(6)7/h1,3-4,6-9,11,18,24H,2,5,10,12-13H2;(H,6,7)/t18-;/m0./s1. The van der Waals surface area contributed by atoms with E-state index in [1.807, 2.05) is 24.3 Å². The Morgan fingerprint density at radius 2 is 1.61 bits per heavy atom. The Kier molecular flexibility index (Phi) is 8.08.